The molecule has 1 N–H and O–H groups in total. The number of nitrogens with one attached hydrogen (secondary N) is 1. The van der Waals surface area contributed by atoms with Crippen molar-refractivity contribution in [3.63, 3.8) is 0 Å². The van der Waals surface area contributed by atoms with Gasteiger partial charge in [-0.25, -0.2) is 4.99 Å². The Morgan fingerprint density at radius 3 is 2.08 bits per heavy atom. The van der Waals surface area contributed by atoms with Crippen LogP contribution in [0.25, 0.3) is 0 Å². The largest absolute Gasteiger partial charge is 0.371 e. The predicted octanol–water partition coefficient (Wildman–Crippen LogP) is 5.59. The van der Waals surface area contributed by atoms with E-state index in [1.807, 2.05) is 12.1 Å². The summed E-state index contributed by atoms with van der Waals surface area (Å²) in [5.41, 5.74) is 8.06. The molecular weight excluding hydrogens is 292 g/mol. The molecule has 0 spiro atoms. The molecule has 0 fully saturated rings. The van der Waals surface area contributed by atoms with Crippen molar-refractivity contribution in [2.24, 2.45) is 4.99 Å². The molecule has 0 aliphatic carbocycles. The van der Waals surface area contributed by atoms with Crippen LogP contribution in [0.5, 0.6) is 0 Å². The molecule has 24 heavy (non-hydrogen) atoms. The quantitative estimate of drug-likeness (QED) is 0.655. The number of anilines is 1. The zero-order chi connectivity index (χ0) is 16.5. The molecular formula is C22H20N2. The summed E-state index contributed by atoms with van der Waals surface area (Å²) in [7, 11) is 0. The average Bonchev–Trinajstić information content (AvgIpc) is 2.62. The van der Waals surface area contributed by atoms with Gasteiger partial charge in [-0.15, -0.1) is 0 Å². The first-order valence-electron chi connectivity index (χ1n) is 8.28. The number of aryl methyl sites for hydroxylation is 2. The summed E-state index contributed by atoms with van der Waals surface area (Å²) in [5, 5.41) is 3.67. The molecule has 118 valence electrons. The van der Waals surface area contributed by atoms with Gasteiger partial charge in [0.15, 0.2) is 0 Å². The molecule has 3 aromatic rings. The van der Waals surface area contributed by atoms with Gasteiger partial charge in [0.2, 0.25) is 0 Å². The van der Waals surface area contributed by atoms with Crippen molar-refractivity contribution in [3.8, 4) is 0 Å². The fourth-order valence-electron chi connectivity index (χ4n) is 3.07. The number of hydrogen-bond acceptors (Lipinski definition) is 2. The zero-order valence-corrected chi connectivity index (χ0v) is 14.0. The maximum atomic E-state index is 4.98. The SMILES string of the molecule is Cc1ccc(C2=Nc3ccccc3NC2c2ccc(C)cc2)cc1. The van der Waals surface area contributed by atoms with Gasteiger partial charge < -0.3 is 5.32 Å². The lowest BCUT2D eigenvalue weighted by Crippen LogP contribution is -2.24. The lowest BCUT2D eigenvalue weighted by atomic mass is 9.93. The van der Waals surface area contributed by atoms with Gasteiger partial charge in [-0.2, -0.15) is 0 Å². The van der Waals surface area contributed by atoms with E-state index in [2.05, 4.69) is 79.8 Å². The third kappa shape index (κ3) is 2.71. The highest BCUT2D eigenvalue weighted by atomic mass is 15.0. The third-order valence-corrected chi connectivity index (χ3v) is 4.48. The molecule has 1 unspecified atom stereocenters. The lowest BCUT2D eigenvalue weighted by Gasteiger charge is -2.28. The first-order chi connectivity index (χ1) is 11.7. The third-order valence-electron chi connectivity index (χ3n) is 4.48. The molecule has 1 heterocycles. The first-order valence-corrected chi connectivity index (χ1v) is 8.28. The van der Waals surface area contributed by atoms with E-state index in [0.29, 0.717) is 0 Å². The highest BCUT2D eigenvalue weighted by molar-refractivity contribution is 6.10. The molecule has 0 saturated carbocycles. The summed E-state index contributed by atoms with van der Waals surface area (Å²) >= 11 is 0. The molecule has 0 aromatic heterocycles. The fourth-order valence-corrected chi connectivity index (χ4v) is 3.07. The second-order valence-corrected chi connectivity index (χ2v) is 6.37. The van der Waals surface area contributed by atoms with Crippen LogP contribution in [0.2, 0.25) is 0 Å². The van der Waals surface area contributed by atoms with Gasteiger partial charge in [0.1, 0.15) is 0 Å². The molecule has 1 aliphatic rings. The summed E-state index contributed by atoms with van der Waals surface area (Å²) in [6.07, 6.45) is 0. The second-order valence-electron chi connectivity index (χ2n) is 6.37. The van der Waals surface area contributed by atoms with Crippen LogP contribution in [0.4, 0.5) is 11.4 Å². The maximum absolute atomic E-state index is 4.98. The van der Waals surface area contributed by atoms with Gasteiger partial charge in [0.05, 0.1) is 23.1 Å². The monoisotopic (exact) mass is 312 g/mol. The van der Waals surface area contributed by atoms with Gasteiger partial charge in [-0.1, -0.05) is 71.8 Å². The van der Waals surface area contributed by atoms with E-state index in [0.717, 1.165) is 22.6 Å². The van der Waals surface area contributed by atoms with E-state index in [1.165, 1.54) is 16.7 Å². The maximum Gasteiger partial charge on any atom is 0.0947 e. The van der Waals surface area contributed by atoms with E-state index < -0.39 is 0 Å². The topological polar surface area (TPSA) is 24.4 Å². The standard InChI is InChI=1S/C22H20N2/c1-15-7-11-17(12-8-15)21-22(18-13-9-16(2)10-14-18)24-20-6-4-3-5-19(20)23-21/h3-14,21,23H,1-2H3. The Bertz CT molecular complexity index is 890. The number of fused-ring (bicyclic) bond motifs is 1. The normalized spacial score (nSPS) is 16.1. The molecule has 0 amide bonds. The molecule has 1 atom stereocenters. The van der Waals surface area contributed by atoms with Crippen LogP contribution in [0, 0.1) is 13.8 Å². The molecule has 3 aromatic carbocycles. The van der Waals surface area contributed by atoms with Crippen LogP contribution >= 0.6 is 0 Å². The zero-order valence-electron chi connectivity index (χ0n) is 14.0. The van der Waals surface area contributed by atoms with E-state index in [4.69, 9.17) is 4.99 Å². The number of hydrogen-bond donors (Lipinski definition) is 1. The highest BCUT2D eigenvalue weighted by Crippen LogP contribution is 2.36. The number of aliphatic imine (C=N–C) groups is 1. The minimum absolute atomic E-state index is 0.0585. The van der Waals surface area contributed by atoms with Crippen molar-refractivity contribution in [3.05, 3.63) is 95.1 Å². The second kappa shape index (κ2) is 5.97. The van der Waals surface area contributed by atoms with Crippen LogP contribution < -0.4 is 5.32 Å². The Balaban J connectivity index is 1.85. The van der Waals surface area contributed by atoms with Crippen molar-refractivity contribution in [1.29, 1.82) is 0 Å². The number of para-hydroxylation sites is 2. The number of benzene rings is 3. The Kier molecular flexibility index (Phi) is 3.66. The van der Waals surface area contributed by atoms with Crippen molar-refractivity contribution in [2.45, 2.75) is 19.9 Å². The van der Waals surface area contributed by atoms with Crippen LogP contribution in [0.1, 0.15) is 28.3 Å². The summed E-state index contributed by atoms with van der Waals surface area (Å²) in [6, 6.07) is 25.6. The Morgan fingerprint density at radius 2 is 1.38 bits per heavy atom. The lowest BCUT2D eigenvalue weighted by molar-refractivity contribution is 1.01. The van der Waals surface area contributed by atoms with Crippen molar-refractivity contribution in [2.75, 3.05) is 5.32 Å². The molecule has 4 rings (SSSR count). The van der Waals surface area contributed by atoms with E-state index in [9.17, 15) is 0 Å². The van der Waals surface area contributed by atoms with Crippen molar-refractivity contribution in [1.82, 2.24) is 0 Å². The van der Waals surface area contributed by atoms with Crippen LogP contribution in [0.3, 0.4) is 0 Å². The van der Waals surface area contributed by atoms with E-state index >= 15 is 0 Å². The molecule has 0 radical (unpaired) electrons. The molecule has 0 bridgehead atoms. The molecule has 2 heteroatoms. The van der Waals surface area contributed by atoms with Gasteiger partial charge in [0, 0.05) is 0 Å². The van der Waals surface area contributed by atoms with Gasteiger partial charge in [-0.3, -0.25) is 0 Å². The van der Waals surface area contributed by atoms with Crippen molar-refractivity contribution < 1.29 is 0 Å². The van der Waals surface area contributed by atoms with E-state index in [-0.39, 0.29) is 6.04 Å². The summed E-state index contributed by atoms with van der Waals surface area (Å²) in [4.78, 5) is 4.98. The van der Waals surface area contributed by atoms with Crippen LogP contribution in [-0.2, 0) is 0 Å². The first kappa shape index (κ1) is 14.7. The summed E-state index contributed by atoms with van der Waals surface area (Å²) < 4.78 is 0. The number of rotatable bonds is 2. The van der Waals surface area contributed by atoms with Gasteiger partial charge in [-0.05, 0) is 37.1 Å². The van der Waals surface area contributed by atoms with E-state index in [1.54, 1.807) is 0 Å². The Labute approximate surface area is 142 Å². The van der Waals surface area contributed by atoms with Gasteiger partial charge in [0.25, 0.3) is 0 Å². The predicted molar refractivity (Wildman–Crippen MR) is 101 cm³/mol. The molecule has 0 saturated heterocycles. The summed E-state index contributed by atoms with van der Waals surface area (Å²) in [5.74, 6) is 0. The highest BCUT2D eigenvalue weighted by Gasteiger charge is 2.24. The van der Waals surface area contributed by atoms with Crippen molar-refractivity contribution >= 4 is 17.1 Å². The molecule has 1 aliphatic heterocycles. The van der Waals surface area contributed by atoms with Gasteiger partial charge >= 0.3 is 0 Å². The minimum Gasteiger partial charge on any atom is -0.371 e. The van der Waals surface area contributed by atoms with Crippen LogP contribution in [-0.4, -0.2) is 5.71 Å². The Morgan fingerprint density at radius 1 is 0.750 bits per heavy atom. The van der Waals surface area contributed by atoms with Crippen LogP contribution in [0.15, 0.2) is 77.8 Å². The average molecular weight is 312 g/mol. The fraction of sp³-hybridized carbons (Fsp3) is 0.136. The summed E-state index contributed by atoms with van der Waals surface area (Å²) in [6.45, 7) is 4.22. The Hall–Kier alpha value is -2.87. The number of nitrogens with zero attached hydrogens (tertiary/aromatic N) is 1. The smallest absolute Gasteiger partial charge is 0.0947 e. The minimum atomic E-state index is 0.0585. The molecule has 2 nitrogen and oxygen atoms in total.